The van der Waals surface area contributed by atoms with E-state index in [4.69, 9.17) is 9.57 Å². The number of hydrogen-bond donors (Lipinski definition) is 5. The minimum absolute atomic E-state index is 0.0398. The van der Waals surface area contributed by atoms with Crippen molar-refractivity contribution in [3.05, 3.63) is 35.9 Å². The summed E-state index contributed by atoms with van der Waals surface area (Å²) in [7, 11) is 0. The van der Waals surface area contributed by atoms with Crippen LogP contribution < -0.4 is 21.3 Å². The summed E-state index contributed by atoms with van der Waals surface area (Å²) in [5.74, 6) is -1.36. The number of aliphatic imine (C=N–C) groups is 1. The van der Waals surface area contributed by atoms with Crippen molar-refractivity contribution in [3.63, 3.8) is 0 Å². The predicted molar refractivity (Wildman–Crippen MR) is 123 cm³/mol. The fraction of sp³-hybridized carbons (Fsp3) is 0.500. The summed E-state index contributed by atoms with van der Waals surface area (Å²) in [5, 5.41) is 24.7. The number of carboxylic acids is 1. The van der Waals surface area contributed by atoms with Crippen LogP contribution in [0.2, 0.25) is 0 Å². The van der Waals surface area contributed by atoms with Crippen LogP contribution in [0.4, 0.5) is 4.79 Å². The van der Waals surface area contributed by atoms with E-state index >= 15 is 0 Å². The molecule has 2 amide bonds. The third-order valence-electron chi connectivity index (χ3n) is 5.28. The smallest absolute Gasteiger partial charge is 0.409 e. The van der Waals surface area contributed by atoms with Gasteiger partial charge in [-0.3, -0.25) is 15.1 Å². The molecule has 0 saturated carbocycles. The zero-order valence-electron chi connectivity index (χ0n) is 18.8. The van der Waals surface area contributed by atoms with Crippen LogP contribution >= 0.6 is 0 Å². The van der Waals surface area contributed by atoms with E-state index in [0.29, 0.717) is 19.4 Å². The number of carboxylic acid groups (broad SMARTS) is 1. The van der Waals surface area contributed by atoms with E-state index < -0.39 is 23.6 Å². The van der Waals surface area contributed by atoms with Crippen molar-refractivity contribution in [2.45, 2.75) is 44.4 Å². The van der Waals surface area contributed by atoms with Crippen molar-refractivity contribution in [3.8, 4) is 0 Å². The Balaban J connectivity index is 1.58. The average Bonchev–Trinajstić information content (AvgIpc) is 3.55. The largest absolute Gasteiger partial charge is 0.478 e. The van der Waals surface area contributed by atoms with Gasteiger partial charge in [-0.15, -0.1) is 0 Å². The summed E-state index contributed by atoms with van der Waals surface area (Å²) >= 11 is 0. The number of alkyl carbamates (subject to hydrolysis) is 1. The molecule has 2 aliphatic rings. The van der Waals surface area contributed by atoms with Gasteiger partial charge in [-0.05, 0) is 18.4 Å². The van der Waals surface area contributed by atoms with Gasteiger partial charge in [0.15, 0.2) is 5.96 Å². The van der Waals surface area contributed by atoms with Crippen LogP contribution in [-0.4, -0.2) is 66.7 Å². The lowest BCUT2D eigenvalue weighted by Gasteiger charge is -2.31. The lowest BCUT2D eigenvalue weighted by Crippen LogP contribution is -2.66. The maximum Gasteiger partial charge on any atom is 0.409 e. The van der Waals surface area contributed by atoms with Crippen LogP contribution in [0, 0.1) is 0 Å². The second kappa shape index (κ2) is 12.4. The molecular weight excluding hydrogens is 444 g/mol. The number of guanidine groups is 1. The van der Waals surface area contributed by atoms with E-state index in [0.717, 1.165) is 31.0 Å². The number of benzene rings is 1. The highest BCUT2D eigenvalue weighted by atomic mass is 16.6. The molecule has 0 spiro atoms. The number of unbranched alkanes of at least 4 members (excludes halogenated alkanes) is 2. The Morgan fingerprint density at radius 2 is 1.97 bits per heavy atom. The van der Waals surface area contributed by atoms with Crippen LogP contribution in [-0.2, 0) is 25.8 Å². The molecule has 1 aromatic carbocycles. The fourth-order valence-corrected chi connectivity index (χ4v) is 3.45. The van der Waals surface area contributed by atoms with Crippen molar-refractivity contribution in [2.24, 2.45) is 10.1 Å². The summed E-state index contributed by atoms with van der Waals surface area (Å²) in [5.41, 5.74) is -1.24. The Morgan fingerprint density at radius 1 is 1.15 bits per heavy atom. The lowest BCUT2D eigenvalue weighted by atomic mass is 10.0. The minimum Gasteiger partial charge on any atom is -0.478 e. The molecule has 12 nitrogen and oxygen atoms in total. The number of carbonyl (C=O) groups is 3. The maximum absolute atomic E-state index is 12.6. The first-order valence-electron chi connectivity index (χ1n) is 11.2. The lowest BCUT2D eigenvalue weighted by molar-refractivity contribution is -0.148. The number of nitrogens with zero attached hydrogens (tertiary/aromatic N) is 2. The van der Waals surface area contributed by atoms with E-state index in [1.807, 2.05) is 6.07 Å². The second-order valence-corrected chi connectivity index (χ2v) is 7.87. The van der Waals surface area contributed by atoms with Crippen molar-refractivity contribution < 1.29 is 29.1 Å². The summed E-state index contributed by atoms with van der Waals surface area (Å²) in [6.45, 7) is 2.42. The van der Waals surface area contributed by atoms with Gasteiger partial charge in [0.1, 0.15) is 18.9 Å². The highest BCUT2D eigenvalue weighted by Crippen LogP contribution is 2.16. The molecule has 1 aromatic rings. The number of nitrogens with one attached hydrogen (secondary N) is 4. The summed E-state index contributed by atoms with van der Waals surface area (Å²) in [6, 6.07) is 8.98. The molecule has 1 atom stereocenters. The molecular formula is C22H30N6O6. The Hall–Kier alpha value is -3.83. The molecule has 2 heterocycles. The molecule has 0 saturated heterocycles. The monoisotopic (exact) mass is 474 g/mol. The number of aliphatic carboxylic acids is 1. The SMILES string of the molecule is O=C(NC(CCCCCNC1=NCCN1)(NC(=O)C1=NOCC1)C(=O)O)OCc1ccccc1. The van der Waals surface area contributed by atoms with Gasteiger partial charge in [0.05, 0.1) is 6.54 Å². The zero-order valence-corrected chi connectivity index (χ0v) is 18.8. The minimum atomic E-state index is -2.06. The van der Waals surface area contributed by atoms with Crippen LogP contribution in [0.5, 0.6) is 0 Å². The highest BCUT2D eigenvalue weighted by Gasteiger charge is 2.43. The Bertz CT molecular complexity index is 922. The third-order valence-corrected chi connectivity index (χ3v) is 5.28. The van der Waals surface area contributed by atoms with Crippen LogP contribution in [0.3, 0.4) is 0 Å². The van der Waals surface area contributed by atoms with Gasteiger partial charge in [0.25, 0.3) is 5.91 Å². The van der Waals surface area contributed by atoms with Crippen LogP contribution in [0.15, 0.2) is 40.5 Å². The molecule has 0 bridgehead atoms. The molecule has 0 aromatic heterocycles. The van der Waals surface area contributed by atoms with Gasteiger partial charge in [0, 0.05) is 25.9 Å². The van der Waals surface area contributed by atoms with E-state index in [-0.39, 0.29) is 31.8 Å². The van der Waals surface area contributed by atoms with Crippen LogP contribution in [0.1, 0.15) is 37.7 Å². The molecule has 0 aliphatic carbocycles. The molecule has 184 valence electrons. The summed E-state index contributed by atoms with van der Waals surface area (Å²) in [4.78, 5) is 46.5. The van der Waals surface area contributed by atoms with Gasteiger partial charge >= 0.3 is 12.1 Å². The maximum atomic E-state index is 12.6. The summed E-state index contributed by atoms with van der Waals surface area (Å²) in [6.07, 6.45) is 1.10. The third kappa shape index (κ3) is 7.36. The van der Waals surface area contributed by atoms with Crippen molar-refractivity contribution in [1.29, 1.82) is 0 Å². The predicted octanol–water partition coefficient (Wildman–Crippen LogP) is 0.695. The van der Waals surface area contributed by atoms with Crippen molar-refractivity contribution >= 4 is 29.6 Å². The fourth-order valence-electron chi connectivity index (χ4n) is 3.45. The van der Waals surface area contributed by atoms with Gasteiger partial charge in [-0.2, -0.15) is 0 Å². The Labute approximate surface area is 197 Å². The van der Waals surface area contributed by atoms with E-state index in [9.17, 15) is 19.5 Å². The number of rotatable bonds is 12. The topological polar surface area (TPSA) is 163 Å². The molecule has 0 radical (unpaired) electrons. The Kier molecular flexibility index (Phi) is 9.06. The molecule has 2 aliphatic heterocycles. The van der Waals surface area contributed by atoms with E-state index in [1.54, 1.807) is 24.3 Å². The quantitative estimate of drug-likeness (QED) is 0.218. The first kappa shape index (κ1) is 24.8. The second-order valence-electron chi connectivity index (χ2n) is 7.87. The van der Waals surface area contributed by atoms with Gasteiger partial charge in [-0.1, -0.05) is 41.9 Å². The molecule has 0 fully saturated rings. The Morgan fingerprint density at radius 3 is 2.65 bits per heavy atom. The van der Waals surface area contributed by atoms with E-state index in [1.165, 1.54) is 0 Å². The molecule has 34 heavy (non-hydrogen) atoms. The van der Waals surface area contributed by atoms with Gasteiger partial charge in [0.2, 0.25) is 5.66 Å². The van der Waals surface area contributed by atoms with E-state index in [2.05, 4.69) is 31.4 Å². The highest BCUT2D eigenvalue weighted by molar-refractivity contribution is 6.39. The molecule has 12 heteroatoms. The number of carbonyl (C=O) groups excluding carboxylic acids is 2. The number of amides is 2. The molecule has 1 unspecified atom stereocenters. The molecule has 5 N–H and O–H groups in total. The normalized spacial score (nSPS) is 16.2. The van der Waals surface area contributed by atoms with Crippen LogP contribution in [0.25, 0.3) is 0 Å². The van der Waals surface area contributed by atoms with Crippen molar-refractivity contribution in [2.75, 3.05) is 26.2 Å². The van der Waals surface area contributed by atoms with Gasteiger partial charge in [-0.25, -0.2) is 9.59 Å². The first-order valence-corrected chi connectivity index (χ1v) is 11.2. The van der Waals surface area contributed by atoms with Crippen molar-refractivity contribution in [1.82, 2.24) is 21.3 Å². The standard InChI is InChI=1S/C22H30N6O6/c29-18(17-9-14-34-28-17)26-22(19(30)31,10-5-2-6-11-23-20-24-12-13-25-20)27-21(32)33-15-16-7-3-1-4-8-16/h1,3-4,7-8H,2,5-6,9-15H2,(H,26,29)(H,27,32)(H,30,31)(H2,23,24,25). The number of hydrogen-bond acceptors (Lipinski definition) is 9. The first-order chi connectivity index (χ1) is 16.5. The van der Waals surface area contributed by atoms with Gasteiger partial charge < -0.3 is 30.6 Å². The zero-order chi connectivity index (χ0) is 24.2. The molecule has 3 rings (SSSR count). The summed E-state index contributed by atoms with van der Waals surface area (Å²) < 4.78 is 5.19. The average molecular weight is 475 g/mol. The number of oxime groups is 1. The number of ether oxygens (including phenoxy) is 1.